The minimum Gasteiger partial charge on any atom is -0.365 e. The van der Waals surface area contributed by atoms with Gasteiger partial charge in [-0.05, 0) is 12.8 Å². The van der Waals surface area contributed by atoms with E-state index in [0.29, 0.717) is 12.8 Å². The van der Waals surface area contributed by atoms with Crippen LogP contribution in [0.2, 0.25) is 0 Å². The molecule has 0 amide bonds. The number of nitrogens with one attached hydrogen (secondary N) is 1. The third-order valence-corrected chi connectivity index (χ3v) is 5.18. The normalized spacial score (nSPS) is 19.4. The summed E-state index contributed by atoms with van der Waals surface area (Å²) in [5.41, 5.74) is 0. The first kappa shape index (κ1) is 12.3. The van der Waals surface area contributed by atoms with E-state index in [-0.39, 0.29) is 17.5 Å². The molecule has 3 rings (SSSR count). The van der Waals surface area contributed by atoms with Crippen molar-refractivity contribution in [2.75, 3.05) is 16.8 Å². The number of nitrogens with zero attached hydrogens (tertiary/aromatic N) is 2. The zero-order valence-corrected chi connectivity index (χ0v) is 11.2. The summed E-state index contributed by atoms with van der Waals surface area (Å²) in [5.74, 6) is 1.24. The summed E-state index contributed by atoms with van der Waals surface area (Å²) >= 11 is 0. The standard InChI is InChI=1S/C13H15N3O2S/c17-19(18)7-5-11(6-8-19)15-13-12-4-2-1-3-10(12)9-14-16-13/h1-4,9,11H,5-8H2,(H,15,16). The third kappa shape index (κ3) is 2.68. The molecule has 0 saturated carbocycles. The fraction of sp³-hybridized carbons (Fsp3) is 0.385. The molecular formula is C13H15N3O2S. The van der Waals surface area contributed by atoms with Crippen molar-refractivity contribution >= 4 is 26.4 Å². The van der Waals surface area contributed by atoms with Gasteiger partial charge in [0.1, 0.15) is 9.84 Å². The number of aromatic nitrogens is 2. The largest absolute Gasteiger partial charge is 0.365 e. The van der Waals surface area contributed by atoms with E-state index in [0.717, 1.165) is 16.6 Å². The van der Waals surface area contributed by atoms with Crippen LogP contribution in [0.5, 0.6) is 0 Å². The average Bonchev–Trinajstić information content (AvgIpc) is 2.42. The van der Waals surface area contributed by atoms with E-state index in [4.69, 9.17) is 0 Å². The monoisotopic (exact) mass is 277 g/mol. The fourth-order valence-electron chi connectivity index (χ4n) is 2.36. The van der Waals surface area contributed by atoms with Crippen molar-refractivity contribution in [2.45, 2.75) is 18.9 Å². The molecule has 0 atom stereocenters. The van der Waals surface area contributed by atoms with Gasteiger partial charge in [0.15, 0.2) is 5.82 Å². The van der Waals surface area contributed by atoms with Crippen LogP contribution in [0.1, 0.15) is 12.8 Å². The number of anilines is 1. The first-order valence-corrected chi connectivity index (χ1v) is 8.14. The van der Waals surface area contributed by atoms with Gasteiger partial charge in [-0.25, -0.2) is 8.42 Å². The first-order chi connectivity index (χ1) is 9.14. The van der Waals surface area contributed by atoms with Crippen molar-refractivity contribution in [3.05, 3.63) is 30.5 Å². The van der Waals surface area contributed by atoms with E-state index in [9.17, 15) is 8.42 Å². The van der Waals surface area contributed by atoms with E-state index >= 15 is 0 Å². The molecule has 1 aromatic carbocycles. The summed E-state index contributed by atoms with van der Waals surface area (Å²) in [7, 11) is -2.83. The molecule has 1 aliphatic heterocycles. The maximum atomic E-state index is 11.4. The Hall–Kier alpha value is -1.69. The van der Waals surface area contributed by atoms with Gasteiger partial charge >= 0.3 is 0 Å². The molecule has 1 fully saturated rings. The highest BCUT2D eigenvalue weighted by Gasteiger charge is 2.24. The Labute approximate surface area is 112 Å². The summed E-state index contributed by atoms with van der Waals surface area (Å²) < 4.78 is 22.8. The van der Waals surface area contributed by atoms with Gasteiger partial charge < -0.3 is 5.32 Å². The van der Waals surface area contributed by atoms with Gasteiger partial charge in [0.2, 0.25) is 0 Å². The molecule has 6 heteroatoms. The second kappa shape index (κ2) is 4.77. The minimum atomic E-state index is -2.83. The summed E-state index contributed by atoms with van der Waals surface area (Å²) in [6.45, 7) is 0. The van der Waals surface area contributed by atoms with E-state index in [1.807, 2.05) is 24.3 Å². The van der Waals surface area contributed by atoms with Crippen molar-refractivity contribution in [1.29, 1.82) is 0 Å². The maximum Gasteiger partial charge on any atom is 0.156 e. The van der Waals surface area contributed by atoms with Gasteiger partial charge in [0.05, 0.1) is 17.7 Å². The second-order valence-corrected chi connectivity index (χ2v) is 7.15. The van der Waals surface area contributed by atoms with Crippen molar-refractivity contribution in [1.82, 2.24) is 10.2 Å². The van der Waals surface area contributed by atoms with Gasteiger partial charge in [0, 0.05) is 16.8 Å². The molecule has 2 heterocycles. The summed E-state index contributed by atoms with van der Waals surface area (Å²) in [6, 6.07) is 8.05. The van der Waals surface area contributed by atoms with Crippen LogP contribution >= 0.6 is 0 Å². The van der Waals surface area contributed by atoms with Gasteiger partial charge in [-0.1, -0.05) is 24.3 Å². The Morgan fingerprint density at radius 3 is 2.68 bits per heavy atom. The zero-order valence-electron chi connectivity index (χ0n) is 10.4. The Balaban J connectivity index is 1.83. The molecule has 0 bridgehead atoms. The van der Waals surface area contributed by atoms with E-state index in [1.165, 1.54) is 0 Å². The van der Waals surface area contributed by atoms with Crippen LogP contribution in [-0.4, -0.2) is 36.2 Å². The molecule has 1 aliphatic rings. The molecule has 0 radical (unpaired) electrons. The Morgan fingerprint density at radius 1 is 1.16 bits per heavy atom. The summed E-state index contributed by atoms with van der Waals surface area (Å²) in [4.78, 5) is 0. The van der Waals surface area contributed by atoms with Crippen molar-refractivity contribution in [2.24, 2.45) is 0 Å². The Bertz CT molecular complexity index is 681. The predicted molar refractivity (Wildman–Crippen MR) is 74.8 cm³/mol. The smallest absolute Gasteiger partial charge is 0.156 e. The highest BCUT2D eigenvalue weighted by molar-refractivity contribution is 7.91. The van der Waals surface area contributed by atoms with Gasteiger partial charge in [-0.3, -0.25) is 0 Å². The molecule has 0 unspecified atom stereocenters. The lowest BCUT2D eigenvalue weighted by Gasteiger charge is -2.23. The van der Waals surface area contributed by atoms with Crippen LogP contribution in [0.25, 0.3) is 10.8 Å². The van der Waals surface area contributed by atoms with Gasteiger partial charge in [-0.2, -0.15) is 5.10 Å². The van der Waals surface area contributed by atoms with Crippen LogP contribution < -0.4 is 5.32 Å². The average molecular weight is 277 g/mol. The SMILES string of the molecule is O=S1(=O)CCC(Nc2nncc3ccccc23)CC1. The zero-order chi connectivity index (χ0) is 13.3. The second-order valence-electron chi connectivity index (χ2n) is 4.85. The van der Waals surface area contributed by atoms with Crippen molar-refractivity contribution < 1.29 is 8.42 Å². The molecule has 2 aromatic rings. The van der Waals surface area contributed by atoms with Gasteiger partial charge in [0.25, 0.3) is 0 Å². The highest BCUT2D eigenvalue weighted by Crippen LogP contribution is 2.22. The van der Waals surface area contributed by atoms with Crippen LogP contribution in [-0.2, 0) is 9.84 Å². The summed E-state index contributed by atoms with van der Waals surface area (Å²) in [5, 5.41) is 13.5. The molecule has 0 spiro atoms. The lowest BCUT2D eigenvalue weighted by atomic mass is 10.1. The molecule has 1 N–H and O–H groups in total. The van der Waals surface area contributed by atoms with Crippen LogP contribution in [0.4, 0.5) is 5.82 Å². The van der Waals surface area contributed by atoms with Crippen molar-refractivity contribution in [3.63, 3.8) is 0 Å². The molecule has 19 heavy (non-hydrogen) atoms. The number of sulfone groups is 1. The number of fused-ring (bicyclic) bond motifs is 1. The van der Waals surface area contributed by atoms with Crippen LogP contribution in [0, 0.1) is 0 Å². The Kier molecular flexibility index (Phi) is 3.10. The quantitative estimate of drug-likeness (QED) is 0.903. The lowest BCUT2D eigenvalue weighted by Crippen LogP contribution is -2.32. The van der Waals surface area contributed by atoms with E-state index in [2.05, 4.69) is 15.5 Å². The topological polar surface area (TPSA) is 72.0 Å². The lowest BCUT2D eigenvalue weighted by molar-refractivity contribution is 0.559. The number of benzene rings is 1. The maximum absolute atomic E-state index is 11.4. The van der Waals surface area contributed by atoms with E-state index in [1.54, 1.807) is 6.20 Å². The third-order valence-electron chi connectivity index (χ3n) is 3.47. The fourth-order valence-corrected chi connectivity index (χ4v) is 3.85. The molecule has 1 saturated heterocycles. The van der Waals surface area contributed by atoms with Crippen molar-refractivity contribution in [3.8, 4) is 0 Å². The van der Waals surface area contributed by atoms with Crippen LogP contribution in [0.15, 0.2) is 30.5 Å². The highest BCUT2D eigenvalue weighted by atomic mass is 32.2. The number of hydrogen-bond acceptors (Lipinski definition) is 5. The molecule has 0 aliphatic carbocycles. The molecule has 5 nitrogen and oxygen atoms in total. The molecular weight excluding hydrogens is 262 g/mol. The predicted octanol–water partition coefficient (Wildman–Crippen LogP) is 1.62. The number of rotatable bonds is 2. The summed E-state index contributed by atoms with van der Waals surface area (Å²) in [6.07, 6.45) is 2.99. The Morgan fingerprint density at radius 2 is 1.89 bits per heavy atom. The molecule has 1 aromatic heterocycles. The van der Waals surface area contributed by atoms with Crippen LogP contribution in [0.3, 0.4) is 0 Å². The van der Waals surface area contributed by atoms with Gasteiger partial charge in [-0.15, -0.1) is 5.10 Å². The number of hydrogen-bond donors (Lipinski definition) is 1. The first-order valence-electron chi connectivity index (χ1n) is 6.31. The van der Waals surface area contributed by atoms with E-state index < -0.39 is 9.84 Å². The minimum absolute atomic E-state index is 0.156. The molecule has 100 valence electrons.